The largest absolute Gasteiger partial charge is 0.397 e. The highest BCUT2D eigenvalue weighted by atomic mass is 35.5. The molecule has 6 N–H and O–H groups in total. The molecule has 4 aromatic heterocycles. The number of benzene rings is 4. The fraction of sp³-hybridized carbons (Fsp3) is 0.200. The predicted molar refractivity (Wildman–Crippen MR) is 263 cm³/mol. The van der Waals surface area contributed by atoms with Crippen LogP contribution in [0.25, 0.3) is 20.4 Å². The first-order valence-corrected chi connectivity index (χ1v) is 21.9. The summed E-state index contributed by atoms with van der Waals surface area (Å²) < 4.78 is 12.4. The van der Waals surface area contributed by atoms with Crippen LogP contribution in [0.2, 0.25) is 5.15 Å². The SMILES string of the molecule is CC(C)Nc1ccccc1N.CC(C)Nc1ccccc1Nc1ncnc2sccc12.CC(C)Nc1ccccc1[N+](=O)[O-].Clc1ncnc2sccc12.O=[N+]([O-])c1ccccc1F. The Morgan fingerprint density at radius 1 is 0.578 bits per heavy atom. The fourth-order valence-corrected chi connectivity index (χ4v) is 7.13. The summed E-state index contributed by atoms with van der Waals surface area (Å²) in [6.45, 7) is 12.3. The van der Waals surface area contributed by atoms with E-state index in [1.165, 1.54) is 24.5 Å². The Kier molecular flexibility index (Phi) is 19.5. The lowest BCUT2D eigenvalue weighted by Gasteiger charge is -2.15. The zero-order valence-corrected chi connectivity index (χ0v) is 38.3. The molecule has 0 aliphatic rings. The van der Waals surface area contributed by atoms with Gasteiger partial charge in [0.25, 0.3) is 5.69 Å². The number of nitro benzene ring substituents is 2. The first-order chi connectivity index (χ1) is 30.6. The van der Waals surface area contributed by atoms with E-state index in [9.17, 15) is 24.6 Å². The molecule has 8 aromatic rings. The number of para-hydroxylation sites is 7. The van der Waals surface area contributed by atoms with Crippen LogP contribution in [0.4, 0.5) is 50.0 Å². The van der Waals surface area contributed by atoms with Crippen molar-refractivity contribution in [3.63, 3.8) is 0 Å². The maximum atomic E-state index is 12.4. The van der Waals surface area contributed by atoms with Gasteiger partial charge >= 0.3 is 5.69 Å². The molecule has 4 aromatic carbocycles. The molecule has 0 aliphatic carbocycles. The van der Waals surface area contributed by atoms with E-state index in [2.05, 4.69) is 75.0 Å². The summed E-state index contributed by atoms with van der Waals surface area (Å²) in [5, 5.41) is 40.2. The van der Waals surface area contributed by atoms with Gasteiger partial charge in [-0.25, -0.2) is 19.9 Å². The number of aromatic nitrogens is 4. The Labute approximate surface area is 383 Å². The minimum atomic E-state index is -0.799. The third-order valence-corrected chi connectivity index (χ3v) is 10.0. The van der Waals surface area contributed by atoms with Crippen LogP contribution in [-0.4, -0.2) is 47.9 Å². The Bertz CT molecular complexity index is 2720. The molecule has 64 heavy (non-hydrogen) atoms. The number of rotatable bonds is 10. The molecular formula is C45H49ClFN11O4S2. The third-order valence-electron chi connectivity index (χ3n) is 8.10. The van der Waals surface area contributed by atoms with Crippen molar-refractivity contribution in [3.05, 3.63) is 164 Å². The molecular weight excluding hydrogens is 877 g/mol. The zero-order chi connectivity index (χ0) is 46.6. The van der Waals surface area contributed by atoms with Gasteiger partial charge in [-0.15, -0.1) is 22.7 Å². The number of nitrogens with one attached hydrogen (secondary N) is 4. The number of nitro groups is 2. The van der Waals surface area contributed by atoms with E-state index in [0.717, 1.165) is 61.1 Å². The molecule has 0 fully saturated rings. The summed E-state index contributed by atoms with van der Waals surface area (Å²) in [5.74, 6) is 0.0433. The predicted octanol–water partition coefficient (Wildman–Crippen LogP) is 12.8. The monoisotopic (exact) mass is 925 g/mol. The van der Waals surface area contributed by atoms with Crippen molar-refractivity contribution in [2.24, 2.45) is 0 Å². The molecule has 0 unspecified atom stereocenters. The van der Waals surface area contributed by atoms with E-state index in [1.54, 1.807) is 47.2 Å². The highest BCUT2D eigenvalue weighted by Crippen LogP contribution is 2.30. The van der Waals surface area contributed by atoms with Gasteiger partial charge < -0.3 is 27.0 Å². The van der Waals surface area contributed by atoms with Gasteiger partial charge in [0.2, 0.25) is 5.82 Å². The first-order valence-electron chi connectivity index (χ1n) is 19.8. The molecule has 19 heteroatoms. The van der Waals surface area contributed by atoms with Crippen LogP contribution in [0.15, 0.2) is 133 Å². The maximum Gasteiger partial charge on any atom is 0.304 e. The summed E-state index contributed by atoms with van der Waals surface area (Å²) in [7, 11) is 0. The topological polar surface area (TPSA) is 212 Å². The molecule has 334 valence electrons. The molecule has 8 rings (SSSR count). The smallest absolute Gasteiger partial charge is 0.304 e. The molecule has 0 saturated carbocycles. The van der Waals surface area contributed by atoms with Crippen LogP contribution in [0, 0.1) is 26.0 Å². The summed E-state index contributed by atoms with van der Waals surface area (Å²) in [6.07, 6.45) is 3.07. The van der Waals surface area contributed by atoms with Crippen LogP contribution < -0.4 is 27.0 Å². The minimum absolute atomic E-state index is 0.121. The molecule has 15 nitrogen and oxygen atoms in total. The van der Waals surface area contributed by atoms with Crippen molar-refractivity contribution < 1.29 is 14.2 Å². The van der Waals surface area contributed by atoms with Crippen molar-refractivity contribution in [3.8, 4) is 0 Å². The molecule has 0 aliphatic heterocycles. The molecule has 0 saturated heterocycles. The van der Waals surface area contributed by atoms with Gasteiger partial charge in [0.15, 0.2) is 0 Å². The summed E-state index contributed by atoms with van der Waals surface area (Å²) in [5.41, 5.74) is 9.83. The van der Waals surface area contributed by atoms with Crippen LogP contribution >= 0.6 is 34.3 Å². The molecule has 0 bridgehead atoms. The van der Waals surface area contributed by atoms with E-state index in [1.807, 2.05) is 79.2 Å². The van der Waals surface area contributed by atoms with Gasteiger partial charge in [0.05, 0.1) is 38.0 Å². The normalized spacial score (nSPS) is 10.3. The molecule has 0 amide bonds. The van der Waals surface area contributed by atoms with E-state index in [4.69, 9.17) is 17.3 Å². The summed E-state index contributed by atoms with van der Waals surface area (Å²) in [6, 6.07) is 32.5. The van der Waals surface area contributed by atoms with Crippen molar-refractivity contribution in [1.82, 2.24) is 19.9 Å². The highest BCUT2D eigenvalue weighted by molar-refractivity contribution is 7.17. The molecule has 4 heterocycles. The maximum absolute atomic E-state index is 12.4. The lowest BCUT2D eigenvalue weighted by atomic mass is 10.2. The fourth-order valence-electron chi connectivity index (χ4n) is 5.41. The number of halogens is 2. The van der Waals surface area contributed by atoms with Gasteiger partial charge in [-0.05, 0) is 101 Å². The van der Waals surface area contributed by atoms with Crippen LogP contribution in [-0.2, 0) is 0 Å². The average Bonchev–Trinajstić information content (AvgIpc) is 3.95. The Morgan fingerprint density at radius 2 is 1.03 bits per heavy atom. The van der Waals surface area contributed by atoms with Gasteiger partial charge in [0, 0.05) is 35.6 Å². The van der Waals surface area contributed by atoms with E-state index in [0.29, 0.717) is 22.9 Å². The molecule has 0 spiro atoms. The standard InChI is InChI=1S/C15H16N4S.C9H12N2O2.C9H14N2.C6H3ClN2S.C6H4FNO2/c1-10(2)18-12-5-3-4-6-13(12)19-14-11-7-8-20-15(11)17-9-16-14;1-7(2)10-8-5-3-4-6-9(8)11(12)13;1-7(2)11-9-6-4-3-5-8(9)10;7-5-4-1-2-10-6(4)9-3-8-5;7-5-3-1-2-4-6(5)8(9)10/h3-10,18H,1-2H3,(H,16,17,19);3-7,10H,1-2H3;3-7,11H,10H2,1-2H3;1-3H;1-4H. The quantitative estimate of drug-likeness (QED) is 0.0374. The zero-order valence-electron chi connectivity index (χ0n) is 35.9. The number of thiophene rings is 2. The van der Waals surface area contributed by atoms with Gasteiger partial charge in [-0.1, -0.05) is 60.1 Å². The number of fused-ring (bicyclic) bond motifs is 2. The second-order valence-electron chi connectivity index (χ2n) is 14.3. The number of hydrogen-bond acceptors (Lipinski definition) is 15. The van der Waals surface area contributed by atoms with Crippen molar-refractivity contribution in [1.29, 1.82) is 0 Å². The Balaban J connectivity index is 0.000000181. The Hall–Kier alpha value is -7.02. The summed E-state index contributed by atoms with van der Waals surface area (Å²) in [4.78, 5) is 37.8. The van der Waals surface area contributed by atoms with Crippen molar-refractivity contribution in [2.75, 3.05) is 27.0 Å². The van der Waals surface area contributed by atoms with Crippen LogP contribution in [0.3, 0.4) is 0 Å². The van der Waals surface area contributed by atoms with E-state index in [-0.39, 0.29) is 16.7 Å². The van der Waals surface area contributed by atoms with Crippen LogP contribution in [0.1, 0.15) is 41.5 Å². The lowest BCUT2D eigenvalue weighted by molar-refractivity contribution is -0.387. The molecule has 0 radical (unpaired) electrons. The second kappa shape index (κ2) is 25.2. The number of nitrogen functional groups attached to an aromatic ring is 1. The summed E-state index contributed by atoms with van der Waals surface area (Å²) >= 11 is 8.94. The van der Waals surface area contributed by atoms with E-state index >= 15 is 0 Å². The highest BCUT2D eigenvalue weighted by Gasteiger charge is 2.13. The van der Waals surface area contributed by atoms with E-state index < -0.39 is 16.4 Å². The first kappa shape index (κ1) is 49.6. The molecule has 0 atom stereocenters. The second-order valence-corrected chi connectivity index (χ2v) is 16.5. The van der Waals surface area contributed by atoms with Gasteiger partial charge in [0.1, 0.15) is 39.0 Å². The van der Waals surface area contributed by atoms with Crippen molar-refractivity contribution >= 4 is 100 Å². The van der Waals surface area contributed by atoms with Gasteiger partial charge in [-0.2, -0.15) is 4.39 Å². The number of nitrogens with two attached hydrogens (primary N) is 1. The number of nitrogens with zero attached hydrogens (tertiary/aromatic N) is 6. The third kappa shape index (κ3) is 15.7. The lowest BCUT2D eigenvalue weighted by Crippen LogP contribution is -2.11. The number of anilines is 6. The van der Waals surface area contributed by atoms with Crippen LogP contribution in [0.5, 0.6) is 0 Å². The minimum Gasteiger partial charge on any atom is -0.397 e. The van der Waals surface area contributed by atoms with Gasteiger partial charge in [-0.3, -0.25) is 20.2 Å². The number of hydrogen-bond donors (Lipinski definition) is 5. The Morgan fingerprint density at radius 3 is 1.58 bits per heavy atom. The average molecular weight is 927 g/mol. The van der Waals surface area contributed by atoms with Crippen molar-refractivity contribution in [2.45, 2.75) is 59.7 Å².